The molecule has 0 saturated heterocycles. The van der Waals surface area contributed by atoms with E-state index in [1.807, 2.05) is 35.0 Å². The van der Waals surface area contributed by atoms with E-state index in [0.29, 0.717) is 12.1 Å². The first-order valence-corrected chi connectivity index (χ1v) is 9.38. The Labute approximate surface area is 182 Å². The molecule has 1 amide bonds. The van der Waals surface area contributed by atoms with Crippen LogP contribution in [0.15, 0.2) is 66.9 Å². The number of carbonyl (C=O) groups is 1. The molecule has 1 heterocycles. The van der Waals surface area contributed by atoms with E-state index in [0.717, 1.165) is 22.5 Å². The summed E-state index contributed by atoms with van der Waals surface area (Å²) in [6.45, 7) is 0.389. The van der Waals surface area contributed by atoms with Crippen LogP contribution in [0, 0.1) is 28.4 Å². The second kappa shape index (κ2) is 9.53. The van der Waals surface area contributed by atoms with E-state index < -0.39 is 17.5 Å². The Morgan fingerprint density at radius 2 is 1.84 bits per heavy atom. The van der Waals surface area contributed by atoms with E-state index in [1.54, 1.807) is 6.07 Å². The summed E-state index contributed by atoms with van der Waals surface area (Å²) in [6, 6.07) is 16.7. The number of carbonyl (C=O) groups excluding carboxylic acids is 1. The number of rotatable bonds is 4. The summed E-state index contributed by atoms with van der Waals surface area (Å²) in [5.74, 6) is -1.91. The predicted octanol–water partition coefficient (Wildman–Crippen LogP) is 4.33. The molecule has 0 bridgehead atoms. The molecule has 4 aromatic rings. The van der Waals surface area contributed by atoms with Gasteiger partial charge in [-0.3, -0.25) is 4.79 Å². The number of nitrogens with two attached hydrogens (primary N) is 1. The zero-order valence-electron chi connectivity index (χ0n) is 16.7. The van der Waals surface area contributed by atoms with Crippen LogP contribution in [-0.2, 0) is 6.54 Å². The minimum Gasteiger partial charge on any atom is -0.507 e. The fourth-order valence-electron chi connectivity index (χ4n) is 3.19. The smallest absolute Gasteiger partial charge is 0.248 e. The number of fused-ring (bicyclic) bond motifs is 1. The lowest BCUT2D eigenvalue weighted by atomic mass is 10.1. The molecule has 0 radical (unpaired) electrons. The van der Waals surface area contributed by atoms with Gasteiger partial charge < -0.3 is 20.8 Å². The third kappa shape index (κ3) is 4.96. The van der Waals surface area contributed by atoms with Crippen molar-refractivity contribution in [2.75, 3.05) is 0 Å². The highest BCUT2D eigenvalue weighted by atomic mass is 19.1. The summed E-state index contributed by atoms with van der Waals surface area (Å²) >= 11 is 0. The standard InChI is InChI=1S/C16H12F2N2.C8H6N2O2/c17-13-6-11(7-14(18)8-13)10-20-5-4-15-12(9-19)2-1-3-16(15)20;9-4-6-3-5(8(10)12)1-2-7(6)11/h1-9,19H,10H2;1-3,11H,(H2,10,12). The molecule has 0 spiro atoms. The van der Waals surface area contributed by atoms with E-state index in [2.05, 4.69) is 0 Å². The topological polar surface area (TPSA) is 116 Å². The number of aromatic hydroxyl groups is 1. The van der Waals surface area contributed by atoms with E-state index >= 15 is 0 Å². The van der Waals surface area contributed by atoms with Crippen LogP contribution in [0.5, 0.6) is 5.75 Å². The molecule has 0 aliphatic heterocycles. The minimum absolute atomic E-state index is 0.0475. The molecular formula is C24H18F2N4O2. The van der Waals surface area contributed by atoms with Crippen molar-refractivity contribution in [2.45, 2.75) is 6.54 Å². The fraction of sp³-hybridized carbons (Fsp3) is 0.0417. The normalized spacial score (nSPS) is 10.2. The van der Waals surface area contributed by atoms with Crippen LogP contribution in [0.3, 0.4) is 0 Å². The van der Waals surface area contributed by atoms with Crippen LogP contribution >= 0.6 is 0 Å². The van der Waals surface area contributed by atoms with Gasteiger partial charge in [0, 0.05) is 47.1 Å². The molecule has 0 saturated carbocycles. The van der Waals surface area contributed by atoms with Crippen LogP contribution in [0.25, 0.3) is 10.9 Å². The van der Waals surface area contributed by atoms with E-state index in [4.69, 9.17) is 21.5 Å². The molecule has 8 heteroatoms. The molecule has 0 fully saturated rings. The summed E-state index contributed by atoms with van der Waals surface area (Å²) in [5, 5.41) is 25.8. The molecule has 0 aliphatic carbocycles. The largest absolute Gasteiger partial charge is 0.507 e. The lowest BCUT2D eigenvalue weighted by Crippen LogP contribution is -2.10. The van der Waals surface area contributed by atoms with Crippen LogP contribution in [0.4, 0.5) is 8.78 Å². The number of primary amides is 1. The number of hydrogen-bond donors (Lipinski definition) is 3. The fourth-order valence-corrected chi connectivity index (χ4v) is 3.19. The van der Waals surface area contributed by atoms with Gasteiger partial charge in [0.15, 0.2) is 0 Å². The Kier molecular flexibility index (Phi) is 6.61. The van der Waals surface area contributed by atoms with E-state index in [1.165, 1.54) is 36.5 Å². The number of nitrogens with one attached hydrogen (secondary N) is 1. The number of phenols is 1. The molecule has 160 valence electrons. The lowest BCUT2D eigenvalue weighted by molar-refractivity contribution is 0.1000. The number of phenolic OH excluding ortho intramolecular Hbond substituents is 1. The average Bonchev–Trinajstić information content (AvgIpc) is 3.16. The van der Waals surface area contributed by atoms with Crippen molar-refractivity contribution in [1.82, 2.24) is 4.57 Å². The molecule has 0 aliphatic rings. The molecule has 32 heavy (non-hydrogen) atoms. The first-order chi connectivity index (χ1) is 15.3. The third-order valence-corrected chi connectivity index (χ3v) is 4.68. The first-order valence-electron chi connectivity index (χ1n) is 9.38. The van der Waals surface area contributed by atoms with Crippen molar-refractivity contribution in [3.05, 3.63) is 101 Å². The Morgan fingerprint density at radius 3 is 2.47 bits per heavy atom. The molecule has 6 nitrogen and oxygen atoms in total. The summed E-state index contributed by atoms with van der Waals surface area (Å²) in [6.07, 6.45) is 3.16. The van der Waals surface area contributed by atoms with E-state index in [-0.39, 0.29) is 16.9 Å². The summed E-state index contributed by atoms with van der Waals surface area (Å²) in [7, 11) is 0. The maximum Gasteiger partial charge on any atom is 0.248 e. The van der Waals surface area contributed by atoms with Crippen LogP contribution < -0.4 is 5.73 Å². The highest BCUT2D eigenvalue weighted by molar-refractivity contribution is 5.98. The monoisotopic (exact) mass is 432 g/mol. The van der Waals surface area contributed by atoms with Gasteiger partial charge in [0.1, 0.15) is 23.5 Å². The second-order valence-electron chi connectivity index (χ2n) is 6.85. The van der Waals surface area contributed by atoms with Crippen molar-refractivity contribution in [1.29, 1.82) is 10.7 Å². The lowest BCUT2D eigenvalue weighted by Gasteiger charge is -2.07. The Bertz CT molecular complexity index is 1340. The maximum absolute atomic E-state index is 13.2. The van der Waals surface area contributed by atoms with Crippen molar-refractivity contribution in [3.8, 4) is 11.8 Å². The van der Waals surface area contributed by atoms with Crippen LogP contribution in [-0.4, -0.2) is 21.8 Å². The first kappa shape index (κ1) is 22.2. The van der Waals surface area contributed by atoms with Gasteiger partial charge >= 0.3 is 0 Å². The van der Waals surface area contributed by atoms with Gasteiger partial charge in [-0.15, -0.1) is 0 Å². The van der Waals surface area contributed by atoms with E-state index in [9.17, 15) is 13.6 Å². The predicted molar refractivity (Wildman–Crippen MR) is 117 cm³/mol. The second-order valence-corrected chi connectivity index (χ2v) is 6.85. The van der Waals surface area contributed by atoms with Crippen molar-refractivity contribution < 1.29 is 18.7 Å². The maximum atomic E-state index is 13.2. The van der Waals surface area contributed by atoms with Crippen LogP contribution in [0.2, 0.25) is 0 Å². The third-order valence-electron chi connectivity index (χ3n) is 4.68. The number of hydrogen-bond acceptors (Lipinski definition) is 4. The van der Waals surface area contributed by atoms with Gasteiger partial charge in [-0.25, -0.2) is 8.78 Å². The number of amides is 1. The van der Waals surface area contributed by atoms with Gasteiger partial charge in [0.05, 0.1) is 5.56 Å². The van der Waals surface area contributed by atoms with Crippen molar-refractivity contribution in [3.63, 3.8) is 0 Å². The summed E-state index contributed by atoms with van der Waals surface area (Å²) < 4.78 is 28.3. The number of benzene rings is 3. The quantitative estimate of drug-likeness (QED) is 0.417. The zero-order valence-corrected chi connectivity index (χ0v) is 16.7. The zero-order chi connectivity index (χ0) is 23.3. The highest BCUT2D eigenvalue weighted by Gasteiger charge is 2.07. The highest BCUT2D eigenvalue weighted by Crippen LogP contribution is 2.21. The molecule has 4 N–H and O–H groups in total. The summed E-state index contributed by atoms with van der Waals surface area (Å²) in [4.78, 5) is 10.6. The number of nitriles is 1. The molecule has 4 rings (SSSR count). The van der Waals surface area contributed by atoms with Gasteiger partial charge in [0.25, 0.3) is 0 Å². The molecule has 0 unspecified atom stereocenters. The molecule has 1 aromatic heterocycles. The summed E-state index contributed by atoms with van der Waals surface area (Å²) in [5.41, 5.74) is 7.55. The molecule has 0 atom stereocenters. The van der Waals surface area contributed by atoms with Crippen molar-refractivity contribution in [2.24, 2.45) is 5.73 Å². The number of aromatic nitrogens is 1. The number of nitrogens with zero attached hydrogens (tertiary/aromatic N) is 2. The SMILES string of the molecule is N#Cc1cc(C(N)=O)ccc1O.N=Cc1cccc2c1ccn2Cc1cc(F)cc(F)c1. The minimum atomic E-state index is -0.619. The van der Waals surface area contributed by atoms with Gasteiger partial charge in [0.2, 0.25) is 5.91 Å². The Balaban J connectivity index is 0.000000207. The van der Waals surface area contributed by atoms with Crippen LogP contribution in [0.1, 0.15) is 27.0 Å². The van der Waals surface area contributed by atoms with Crippen molar-refractivity contribution >= 4 is 23.0 Å². The molecular weight excluding hydrogens is 414 g/mol. The molecule has 3 aromatic carbocycles. The Hall–Kier alpha value is -4.51. The van der Waals surface area contributed by atoms with Gasteiger partial charge in [-0.05, 0) is 48.0 Å². The van der Waals surface area contributed by atoms with Gasteiger partial charge in [-0.1, -0.05) is 12.1 Å². The van der Waals surface area contributed by atoms with Gasteiger partial charge in [-0.2, -0.15) is 5.26 Å². The Morgan fingerprint density at radius 1 is 1.12 bits per heavy atom. The number of halogens is 2. The average molecular weight is 432 g/mol.